The molecular formula is C8H8F3O3P. The summed E-state index contributed by atoms with van der Waals surface area (Å²) in [6, 6.07) is 4.33. The summed E-state index contributed by atoms with van der Waals surface area (Å²) in [7, 11) is -4.48. The Bertz CT molecular complexity index is 396. The van der Waals surface area contributed by atoms with Crippen LogP contribution in [-0.2, 0) is 16.9 Å². The van der Waals surface area contributed by atoms with Crippen LogP contribution in [0.4, 0.5) is 13.2 Å². The average molecular weight is 240 g/mol. The molecule has 0 saturated carbocycles. The first-order valence-corrected chi connectivity index (χ1v) is 5.69. The third-order valence-electron chi connectivity index (χ3n) is 1.70. The van der Waals surface area contributed by atoms with Crippen LogP contribution in [0.3, 0.4) is 0 Å². The fraction of sp³-hybridized carbons (Fsp3) is 0.250. The van der Waals surface area contributed by atoms with Crippen LogP contribution in [0, 0.1) is 0 Å². The molecule has 0 heterocycles. The molecule has 3 nitrogen and oxygen atoms in total. The molecule has 0 fully saturated rings. The Kier molecular flexibility index (Phi) is 3.23. The third kappa shape index (κ3) is 3.66. The zero-order valence-corrected chi connectivity index (χ0v) is 8.29. The van der Waals surface area contributed by atoms with E-state index >= 15 is 0 Å². The summed E-state index contributed by atoms with van der Waals surface area (Å²) in [5.74, 6) is 0. The zero-order chi connectivity index (χ0) is 11.7. The summed E-state index contributed by atoms with van der Waals surface area (Å²) in [4.78, 5) is 17.2. The van der Waals surface area contributed by atoms with E-state index in [2.05, 4.69) is 0 Å². The Morgan fingerprint density at radius 3 is 2.20 bits per heavy atom. The van der Waals surface area contributed by atoms with Gasteiger partial charge in [0.2, 0.25) is 0 Å². The summed E-state index contributed by atoms with van der Waals surface area (Å²) in [5.41, 5.74) is -1.40. The molecule has 0 aliphatic heterocycles. The molecule has 0 aliphatic carbocycles. The molecule has 0 saturated heterocycles. The van der Waals surface area contributed by atoms with E-state index in [0.29, 0.717) is 0 Å². The molecule has 1 aromatic carbocycles. The lowest BCUT2D eigenvalue weighted by Crippen LogP contribution is -2.08. The standard InChI is InChI=1S/C8H8F3O3P/c9-8(10,11)7-4-2-1-3-6(7)5-15(12,13)14/h1-4H,5H2,(H2,12,13,14). The van der Waals surface area contributed by atoms with E-state index in [9.17, 15) is 17.7 Å². The zero-order valence-electron chi connectivity index (χ0n) is 7.40. The van der Waals surface area contributed by atoms with Gasteiger partial charge in [0.1, 0.15) is 0 Å². The molecule has 0 unspecified atom stereocenters. The van der Waals surface area contributed by atoms with Crippen LogP contribution in [0.1, 0.15) is 11.1 Å². The van der Waals surface area contributed by atoms with Crippen LogP contribution < -0.4 is 0 Å². The number of hydrogen-bond acceptors (Lipinski definition) is 1. The first-order chi connectivity index (χ1) is 6.70. The van der Waals surface area contributed by atoms with Gasteiger partial charge in [-0.1, -0.05) is 18.2 Å². The van der Waals surface area contributed by atoms with Gasteiger partial charge in [-0.25, -0.2) is 0 Å². The quantitative estimate of drug-likeness (QED) is 0.780. The summed E-state index contributed by atoms with van der Waals surface area (Å²) in [6.45, 7) is 0. The van der Waals surface area contributed by atoms with E-state index in [0.717, 1.165) is 12.1 Å². The van der Waals surface area contributed by atoms with Gasteiger partial charge in [-0.2, -0.15) is 13.2 Å². The molecule has 0 atom stereocenters. The van der Waals surface area contributed by atoms with E-state index < -0.39 is 31.1 Å². The van der Waals surface area contributed by atoms with Crippen molar-refractivity contribution >= 4 is 7.60 Å². The highest BCUT2D eigenvalue weighted by Crippen LogP contribution is 2.42. The van der Waals surface area contributed by atoms with E-state index in [1.165, 1.54) is 12.1 Å². The van der Waals surface area contributed by atoms with Crippen LogP contribution in [0.2, 0.25) is 0 Å². The predicted octanol–water partition coefficient (Wildman–Crippen LogP) is 2.38. The molecule has 1 rings (SSSR count). The van der Waals surface area contributed by atoms with Gasteiger partial charge in [0.05, 0.1) is 11.7 Å². The van der Waals surface area contributed by atoms with Gasteiger partial charge in [0.25, 0.3) is 0 Å². The molecular weight excluding hydrogens is 232 g/mol. The summed E-state index contributed by atoms with van der Waals surface area (Å²) in [5, 5.41) is 0. The lowest BCUT2D eigenvalue weighted by atomic mass is 10.1. The van der Waals surface area contributed by atoms with Gasteiger partial charge < -0.3 is 9.79 Å². The van der Waals surface area contributed by atoms with E-state index in [-0.39, 0.29) is 0 Å². The van der Waals surface area contributed by atoms with Crippen molar-refractivity contribution in [1.29, 1.82) is 0 Å². The Balaban J connectivity index is 3.14. The van der Waals surface area contributed by atoms with Crippen LogP contribution in [0.25, 0.3) is 0 Å². The fourth-order valence-electron chi connectivity index (χ4n) is 1.16. The minimum absolute atomic E-state index is 0.390. The maximum Gasteiger partial charge on any atom is 0.416 e. The van der Waals surface area contributed by atoms with Gasteiger partial charge in [0.15, 0.2) is 0 Å². The molecule has 7 heteroatoms. The summed E-state index contributed by atoms with van der Waals surface area (Å²) in [6.07, 6.45) is -5.49. The predicted molar refractivity (Wildman–Crippen MR) is 47.2 cm³/mol. The molecule has 1 aromatic rings. The van der Waals surface area contributed by atoms with Crippen molar-refractivity contribution in [3.8, 4) is 0 Å². The maximum atomic E-state index is 12.4. The minimum Gasteiger partial charge on any atom is -0.324 e. The van der Waals surface area contributed by atoms with Crippen molar-refractivity contribution in [2.24, 2.45) is 0 Å². The number of rotatable bonds is 2. The van der Waals surface area contributed by atoms with Crippen molar-refractivity contribution in [2.45, 2.75) is 12.3 Å². The Morgan fingerprint density at radius 2 is 1.73 bits per heavy atom. The smallest absolute Gasteiger partial charge is 0.324 e. The van der Waals surface area contributed by atoms with Crippen molar-refractivity contribution in [3.05, 3.63) is 35.4 Å². The van der Waals surface area contributed by atoms with Crippen molar-refractivity contribution < 1.29 is 27.5 Å². The second-order valence-corrected chi connectivity index (χ2v) is 4.62. The number of hydrogen-bond donors (Lipinski definition) is 2. The molecule has 15 heavy (non-hydrogen) atoms. The third-order valence-corrected chi connectivity index (χ3v) is 2.45. The molecule has 0 radical (unpaired) electrons. The normalized spacial score (nSPS) is 12.9. The highest BCUT2D eigenvalue weighted by atomic mass is 31.2. The van der Waals surface area contributed by atoms with Crippen LogP contribution in [-0.4, -0.2) is 9.79 Å². The lowest BCUT2D eigenvalue weighted by molar-refractivity contribution is -0.138. The van der Waals surface area contributed by atoms with Crippen molar-refractivity contribution in [1.82, 2.24) is 0 Å². The topological polar surface area (TPSA) is 57.5 Å². The summed E-state index contributed by atoms with van der Waals surface area (Å²) < 4.78 is 47.7. The van der Waals surface area contributed by atoms with Gasteiger partial charge >= 0.3 is 13.8 Å². The van der Waals surface area contributed by atoms with Gasteiger partial charge in [0, 0.05) is 0 Å². The second-order valence-electron chi connectivity index (χ2n) is 2.98. The second kappa shape index (κ2) is 3.96. The monoisotopic (exact) mass is 240 g/mol. The van der Waals surface area contributed by atoms with Gasteiger partial charge in [-0.05, 0) is 11.6 Å². The maximum absolute atomic E-state index is 12.4. The molecule has 0 aliphatic rings. The Labute approximate surface area is 83.7 Å². The largest absolute Gasteiger partial charge is 0.416 e. The number of benzene rings is 1. The highest BCUT2D eigenvalue weighted by molar-refractivity contribution is 7.50. The highest BCUT2D eigenvalue weighted by Gasteiger charge is 2.34. The number of alkyl halides is 3. The summed E-state index contributed by atoms with van der Waals surface area (Å²) >= 11 is 0. The van der Waals surface area contributed by atoms with Gasteiger partial charge in [-0.15, -0.1) is 0 Å². The first-order valence-electron chi connectivity index (χ1n) is 3.90. The van der Waals surface area contributed by atoms with Crippen LogP contribution >= 0.6 is 7.60 Å². The van der Waals surface area contributed by atoms with Crippen molar-refractivity contribution in [2.75, 3.05) is 0 Å². The fourth-order valence-corrected chi connectivity index (χ4v) is 1.88. The van der Waals surface area contributed by atoms with E-state index in [1.807, 2.05) is 0 Å². The van der Waals surface area contributed by atoms with E-state index in [1.54, 1.807) is 0 Å². The average Bonchev–Trinajstić information content (AvgIpc) is 1.99. The Morgan fingerprint density at radius 1 is 1.20 bits per heavy atom. The Hall–Kier alpha value is -0.840. The van der Waals surface area contributed by atoms with Crippen LogP contribution in [0.5, 0.6) is 0 Å². The molecule has 0 bridgehead atoms. The first kappa shape index (κ1) is 12.2. The molecule has 0 amide bonds. The van der Waals surface area contributed by atoms with Crippen molar-refractivity contribution in [3.63, 3.8) is 0 Å². The van der Waals surface area contributed by atoms with E-state index in [4.69, 9.17) is 9.79 Å². The minimum atomic E-state index is -4.59. The molecule has 2 N–H and O–H groups in total. The van der Waals surface area contributed by atoms with Crippen LogP contribution in [0.15, 0.2) is 24.3 Å². The molecule has 0 spiro atoms. The molecule has 0 aromatic heterocycles. The lowest BCUT2D eigenvalue weighted by Gasteiger charge is -2.12. The number of halogens is 3. The molecule has 84 valence electrons. The van der Waals surface area contributed by atoms with Gasteiger partial charge in [-0.3, -0.25) is 4.57 Å². The SMILES string of the molecule is O=P(O)(O)Cc1ccccc1C(F)(F)F.